The first-order valence-corrected chi connectivity index (χ1v) is 9.35. The summed E-state index contributed by atoms with van der Waals surface area (Å²) in [6.07, 6.45) is 5.04. The van der Waals surface area contributed by atoms with Crippen molar-refractivity contribution in [1.82, 2.24) is 9.97 Å². The molecule has 0 saturated heterocycles. The monoisotopic (exact) mass is 355 g/mol. The van der Waals surface area contributed by atoms with Crippen molar-refractivity contribution in [2.75, 3.05) is 5.32 Å². The number of pyridine rings is 2. The Labute approximate surface area is 158 Å². The van der Waals surface area contributed by atoms with Gasteiger partial charge in [0.05, 0.1) is 17.1 Å². The first kappa shape index (κ1) is 16.2. The molecule has 0 radical (unpaired) electrons. The van der Waals surface area contributed by atoms with Gasteiger partial charge in [-0.05, 0) is 47.7 Å². The molecule has 1 aliphatic heterocycles. The predicted octanol–water partition coefficient (Wildman–Crippen LogP) is 4.83. The van der Waals surface area contributed by atoms with Gasteiger partial charge in [-0.1, -0.05) is 26.0 Å². The van der Waals surface area contributed by atoms with Crippen LogP contribution in [0.15, 0.2) is 66.1 Å². The van der Waals surface area contributed by atoms with Crippen LogP contribution >= 0.6 is 0 Å². The summed E-state index contributed by atoms with van der Waals surface area (Å²) in [4.78, 5) is 22.4. The zero-order valence-corrected chi connectivity index (χ0v) is 15.5. The minimum absolute atomic E-state index is 0.0342. The number of carbonyl (C=O) groups is 1. The van der Waals surface area contributed by atoms with Crippen LogP contribution in [0.3, 0.4) is 0 Å². The summed E-state index contributed by atoms with van der Waals surface area (Å²) in [6, 6.07) is 14.1. The molecule has 1 atom stereocenters. The second kappa shape index (κ2) is 5.74. The Morgan fingerprint density at radius 2 is 1.85 bits per heavy atom. The molecule has 27 heavy (non-hydrogen) atoms. The van der Waals surface area contributed by atoms with Gasteiger partial charge in [0.1, 0.15) is 0 Å². The molecule has 0 bridgehead atoms. The molecular weight excluding hydrogens is 334 g/mol. The van der Waals surface area contributed by atoms with Gasteiger partial charge in [-0.15, -0.1) is 0 Å². The Hall–Kier alpha value is -3.01. The van der Waals surface area contributed by atoms with E-state index in [2.05, 4.69) is 41.3 Å². The van der Waals surface area contributed by atoms with Gasteiger partial charge in [-0.2, -0.15) is 0 Å². The van der Waals surface area contributed by atoms with E-state index in [0.717, 1.165) is 45.5 Å². The first-order valence-electron chi connectivity index (χ1n) is 9.35. The Morgan fingerprint density at radius 1 is 1.00 bits per heavy atom. The molecule has 0 saturated carbocycles. The summed E-state index contributed by atoms with van der Waals surface area (Å²) in [7, 11) is 0. The highest BCUT2D eigenvalue weighted by Gasteiger charge is 2.41. The molecule has 1 aromatic carbocycles. The topological polar surface area (TPSA) is 54.9 Å². The van der Waals surface area contributed by atoms with E-state index in [4.69, 9.17) is 0 Å². The molecule has 0 spiro atoms. The number of hydrogen-bond donors (Lipinski definition) is 1. The number of rotatable bonds is 1. The third-order valence-corrected chi connectivity index (χ3v) is 5.59. The van der Waals surface area contributed by atoms with Crippen molar-refractivity contribution in [3.05, 3.63) is 77.4 Å². The minimum Gasteiger partial charge on any atom is -0.358 e. The molecule has 4 nitrogen and oxygen atoms in total. The number of benzene rings is 1. The fourth-order valence-corrected chi connectivity index (χ4v) is 4.53. The van der Waals surface area contributed by atoms with Crippen LogP contribution in [0.2, 0.25) is 0 Å². The van der Waals surface area contributed by atoms with E-state index in [1.165, 1.54) is 0 Å². The lowest BCUT2D eigenvalue weighted by Gasteiger charge is -2.39. The minimum atomic E-state index is -0.158. The molecule has 1 aliphatic carbocycles. The Morgan fingerprint density at radius 3 is 2.67 bits per heavy atom. The van der Waals surface area contributed by atoms with Crippen LogP contribution in [0, 0.1) is 5.41 Å². The third-order valence-electron chi connectivity index (χ3n) is 5.59. The van der Waals surface area contributed by atoms with Crippen LogP contribution < -0.4 is 5.32 Å². The van der Waals surface area contributed by atoms with Gasteiger partial charge in [0.15, 0.2) is 5.78 Å². The van der Waals surface area contributed by atoms with E-state index in [-0.39, 0.29) is 17.1 Å². The molecule has 3 aromatic rings. The average Bonchev–Trinajstić information content (AvgIpc) is 2.66. The van der Waals surface area contributed by atoms with Crippen LogP contribution in [-0.2, 0) is 4.79 Å². The molecule has 0 unspecified atom stereocenters. The molecule has 0 fully saturated rings. The van der Waals surface area contributed by atoms with Gasteiger partial charge < -0.3 is 5.32 Å². The van der Waals surface area contributed by atoms with Crippen molar-refractivity contribution in [2.24, 2.45) is 5.41 Å². The number of allylic oxidation sites excluding steroid dienone is 2. The molecule has 2 aliphatic rings. The molecular formula is C23H21N3O. The molecule has 2 aromatic heterocycles. The summed E-state index contributed by atoms with van der Waals surface area (Å²) in [5.41, 5.74) is 5.89. The van der Waals surface area contributed by atoms with Crippen molar-refractivity contribution >= 4 is 22.4 Å². The van der Waals surface area contributed by atoms with Crippen LogP contribution in [0.25, 0.3) is 10.9 Å². The summed E-state index contributed by atoms with van der Waals surface area (Å²) >= 11 is 0. The van der Waals surface area contributed by atoms with Crippen molar-refractivity contribution < 1.29 is 4.79 Å². The van der Waals surface area contributed by atoms with Gasteiger partial charge >= 0.3 is 0 Å². The van der Waals surface area contributed by atoms with Gasteiger partial charge in [-0.3, -0.25) is 14.8 Å². The molecule has 5 rings (SSSR count). The second-order valence-corrected chi connectivity index (χ2v) is 8.24. The molecule has 3 heterocycles. The van der Waals surface area contributed by atoms with Gasteiger partial charge in [0.2, 0.25) is 0 Å². The Balaban J connectivity index is 1.82. The van der Waals surface area contributed by atoms with Gasteiger partial charge in [0, 0.05) is 41.2 Å². The number of nitrogens with one attached hydrogen (secondary N) is 1. The highest BCUT2D eigenvalue weighted by atomic mass is 16.1. The van der Waals surface area contributed by atoms with E-state index in [1.54, 1.807) is 12.4 Å². The first-order chi connectivity index (χ1) is 13.0. The van der Waals surface area contributed by atoms with Crippen LogP contribution in [0.4, 0.5) is 5.69 Å². The predicted molar refractivity (Wildman–Crippen MR) is 106 cm³/mol. The third kappa shape index (κ3) is 2.55. The van der Waals surface area contributed by atoms with Crippen LogP contribution in [-0.4, -0.2) is 15.8 Å². The number of Topliss-reactive ketones (excluding diaryl/α,β-unsaturated/α-hetero) is 1. The highest BCUT2D eigenvalue weighted by molar-refractivity contribution is 6.03. The van der Waals surface area contributed by atoms with Crippen molar-refractivity contribution in [2.45, 2.75) is 32.6 Å². The van der Waals surface area contributed by atoms with E-state index in [9.17, 15) is 4.79 Å². The fraction of sp³-hybridized carbons (Fsp3) is 0.261. The number of nitrogens with zero attached hydrogens (tertiary/aromatic N) is 2. The molecule has 1 N–H and O–H groups in total. The van der Waals surface area contributed by atoms with E-state index in [1.807, 2.05) is 30.3 Å². The molecule has 4 heteroatoms. The summed E-state index contributed by atoms with van der Waals surface area (Å²) in [6.45, 7) is 4.32. The lowest BCUT2D eigenvalue weighted by Crippen LogP contribution is -2.34. The quantitative estimate of drug-likeness (QED) is 0.679. The number of ketones is 1. The van der Waals surface area contributed by atoms with Gasteiger partial charge in [0.25, 0.3) is 0 Å². The number of fused-ring (bicyclic) bond motifs is 3. The summed E-state index contributed by atoms with van der Waals surface area (Å²) < 4.78 is 0. The molecule has 134 valence electrons. The van der Waals surface area contributed by atoms with Crippen molar-refractivity contribution in [3.8, 4) is 0 Å². The number of hydrogen-bond acceptors (Lipinski definition) is 4. The zero-order valence-electron chi connectivity index (χ0n) is 15.5. The summed E-state index contributed by atoms with van der Waals surface area (Å²) in [5.74, 6) is 0.0601. The largest absolute Gasteiger partial charge is 0.358 e. The molecule has 0 amide bonds. The fourth-order valence-electron chi connectivity index (χ4n) is 4.53. The number of carbonyl (C=O) groups excluding carboxylic acids is 1. The second-order valence-electron chi connectivity index (χ2n) is 8.24. The highest BCUT2D eigenvalue weighted by Crippen LogP contribution is 2.50. The van der Waals surface area contributed by atoms with Crippen LogP contribution in [0.5, 0.6) is 0 Å². The zero-order chi connectivity index (χ0) is 18.6. The van der Waals surface area contributed by atoms with Gasteiger partial charge in [-0.25, -0.2) is 0 Å². The smallest absolute Gasteiger partial charge is 0.162 e. The van der Waals surface area contributed by atoms with E-state index < -0.39 is 0 Å². The lowest BCUT2D eigenvalue weighted by molar-refractivity contribution is -0.118. The Bertz CT molecular complexity index is 1100. The number of aromatic nitrogens is 2. The standard InChI is InChI=1S/C23H21N3O/c1-23(2)12-18-21(19(27)13-23)22(16-7-3-4-10-25-16)20-14-6-5-11-24-15(14)8-9-17(20)26-18/h3-11,22,26H,12-13H2,1-2H3/t22-/m1/s1. The normalized spacial score (nSPS) is 20.8. The maximum Gasteiger partial charge on any atom is 0.162 e. The SMILES string of the molecule is CC1(C)CC(=O)C2=C(C1)Nc1ccc3ncccc3c1[C@H]2c1ccccn1. The van der Waals surface area contributed by atoms with Crippen LogP contribution in [0.1, 0.15) is 43.9 Å². The maximum atomic E-state index is 13.2. The maximum absolute atomic E-state index is 13.2. The number of anilines is 1. The summed E-state index contributed by atoms with van der Waals surface area (Å²) in [5, 5.41) is 4.65. The Kier molecular flexibility index (Phi) is 3.44. The van der Waals surface area contributed by atoms with Crippen molar-refractivity contribution in [3.63, 3.8) is 0 Å². The van der Waals surface area contributed by atoms with E-state index >= 15 is 0 Å². The lowest BCUT2D eigenvalue weighted by atomic mass is 9.69. The average molecular weight is 355 g/mol. The van der Waals surface area contributed by atoms with E-state index in [0.29, 0.717) is 6.42 Å². The van der Waals surface area contributed by atoms with Crippen molar-refractivity contribution in [1.29, 1.82) is 0 Å².